The van der Waals surface area contributed by atoms with E-state index >= 15 is 0 Å². The van der Waals surface area contributed by atoms with Crippen LogP contribution >= 0.6 is 11.6 Å². The lowest BCUT2D eigenvalue weighted by Gasteiger charge is -2.10. The Hall–Kier alpha value is -4.90. The van der Waals surface area contributed by atoms with E-state index in [1.54, 1.807) is 48.5 Å². The van der Waals surface area contributed by atoms with Gasteiger partial charge in [-0.25, -0.2) is 4.79 Å². The minimum Gasteiger partial charge on any atom is -0.457 e. The van der Waals surface area contributed by atoms with E-state index in [-0.39, 0.29) is 30.2 Å². The molecule has 3 N–H and O–H groups in total. The molecule has 0 bridgehead atoms. The Morgan fingerprint density at radius 2 is 1.87 bits per heavy atom. The van der Waals surface area contributed by atoms with Crippen LogP contribution in [0.25, 0.3) is 11.1 Å². The zero-order chi connectivity index (χ0) is 27.5. The van der Waals surface area contributed by atoms with Gasteiger partial charge in [-0.2, -0.15) is 14.8 Å². The Morgan fingerprint density at radius 1 is 1.05 bits per heavy atom. The number of nitrogens with zero attached hydrogens (tertiary/aromatic N) is 4. The number of aryl methyl sites for hydroxylation is 2. The summed E-state index contributed by atoms with van der Waals surface area (Å²) in [6.07, 6.45) is 1.50. The van der Waals surface area contributed by atoms with Gasteiger partial charge in [0.1, 0.15) is 22.7 Å². The van der Waals surface area contributed by atoms with Crippen LogP contribution in [0, 0.1) is 13.8 Å². The van der Waals surface area contributed by atoms with Gasteiger partial charge < -0.3 is 25.1 Å². The molecule has 5 aromatic rings. The van der Waals surface area contributed by atoms with Gasteiger partial charge in [0.05, 0.1) is 5.69 Å². The lowest BCUT2D eigenvalue weighted by molar-refractivity contribution is 0.0957. The maximum atomic E-state index is 12.5. The molecule has 11 nitrogen and oxygen atoms in total. The normalized spacial score (nSPS) is 10.9. The molecule has 3 heterocycles. The molecule has 39 heavy (non-hydrogen) atoms. The summed E-state index contributed by atoms with van der Waals surface area (Å²) >= 11 is 6.37. The van der Waals surface area contributed by atoms with Gasteiger partial charge in [-0.3, -0.25) is 9.78 Å². The number of nitrogens with one attached hydrogen (secondary N) is 3. The molecule has 0 aliphatic carbocycles. The number of anilines is 2. The van der Waals surface area contributed by atoms with Crippen molar-refractivity contribution in [3.8, 4) is 11.5 Å². The smallest absolute Gasteiger partial charge is 0.342 e. The quantitative estimate of drug-likeness (QED) is 0.249. The fraction of sp³-hybridized carbons (Fsp3) is 0.148. The van der Waals surface area contributed by atoms with Gasteiger partial charge in [0.2, 0.25) is 0 Å². The predicted molar refractivity (Wildman–Crippen MR) is 146 cm³/mol. The standard InChI is InChI=1S/C27H24ClN7O4/c1-15-10-16(2)35(34-15)27(37)31-14-17-11-18(4-6-21(17)28)32-26-33-22-12-19(5-7-24(22)39-26)38-20-8-9-30-23(13-20)25(36)29-3/h4-13H,14H2,1-3H3,(H,29,36)(H,31,37)(H,32,33). The number of aromatic nitrogens is 4. The molecule has 0 unspecified atom stereocenters. The van der Waals surface area contributed by atoms with Gasteiger partial charge in [-0.15, -0.1) is 0 Å². The van der Waals surface area contributed by atoms with E-state index in [1.807, 2.05) is 19.9 Å². The highest BCUT2D eigenvalue weighted by atomic mass is 35.5. The third-order valence-electron chi connectivity index (χ3n) is 5.71. The number of hydrogen-bond donors (Lipinski definition) is 3. The summed E-state index contributed by atoms with van der Waals surface area (Å²) < 4.78 is 13.0. The van der Waals surface area contributed by atoms with E-state index in [1.165, 1.54) is 17.9 Å². The number of rotatable bonds is 7. The number of amides is 2. The maximum Gasteiger partial charge on any atom is 0.342 e. The highest BCUT2D eigenvalue weighted by molar-refractivity contribution is 6.31. The molecule has 2 aromatic carbocycles. The van der Waals surface area contributed by atoms with Gasteiger partial charge in [-0.1, -0.05) is 11.6 Å². The number of oxazole rings is 1. The lowest BCUT2D eigenvalue weighted by atomic mass is 10.2. The topological polar surface area (TPSA) is 136 Å². The van der Waals surface area contributed by atoms with Crippen molar-refractivity contribution in [2.24, 2.45) is 0 Å². The third kappa shape index (κ3) is 5.83. The zero-order valence-electron chi connectivity index (χ0n) is 21.3. The lowest BCUT2D eigenvalue weighted by Crippen LogP contribution is -2.29. The summed E-state index contributed by atoms with van der Waals surface area (Å²) in [5, 5.41) is 13.2. The first-order valence-electron chi connectivity index (χ1n) is 11.9. The number of carbonyl (C=O) groups excluding carboxylic acids is 2. The van der Waals surface area contributed by atoms with Crippen LogP contribution in [0.15, 0.2) is 65.2 Å². The van der Waals surface area contributed by atoms with Crippen LogP contribution in [0.5, 0.6) is 11.5 Å². The Morgan fingerprint density at radius 3 is 2.64 bits per heavy atom. The molecular formula is C27H24ClN7O4. The van der Waals surface area contributed by atoms with Crippen LogP contribution in [0.3, 0.4) is 0 Å². The third-order valence-corrected chi connectivity index (χ3v) is 6.08. The van der Waals surface area contributed by atoms with Gasteiger partial charge in [0, 0.05) is 48.3 Å². The first-order chi connectivity index (χ1) is 18.8. The number of benzene rings is 2. The summed E-state index contributed by atoms with van der Waals surface area (Å²) in [6, 6.07) is 15.5. The molecule has 3 aromatic heterocycles. The van der Waals surface area contributed by atoms with Crippen molar-refractivity contribution in [3.05, 3.63) is 88.5 Å². The number of ether oxygens (including phenoxy) is 1. The molecule has 0 saturated carbocycles. The van der Waals surface area contributed by atoms with Crippen molar-refractivity contribution in [1.82, 2.24) is 30.4 Å². The molecule has 0 spiro atoms. The fourth-order valence-corrected chi connectivity index (χ4v) is 4.06. The van der Waals surface area contributed by atoms with Gasteiger partial charge in [-0.05, 0) is 61.9 Å². The summed E-state index contributed by atoms with van der Waals surface area (Å²) in [6.45, 7) is 3.85. The van der Waals surface area contributed by atoms with Crippen molar-refractivity contribution in [1.29, 1.82) is 0 Å². The summed E-state index contributed by atoms with van der Waals surface area (Å²) in [5.41, 5.74) is 4.26. The van der Waals surface area contributed by atoms with Crippen LogP contribution in [0.1, 0.15) is 27.4 Å². The van der Waals surface area contributed by atoms with Crippen LogP contribution in [-0.2, 0) is 6.54 Å². The summed E-state index contributed by atoms with van der Waals surface area (Å²) in [7, 11) is 1.54. The second-order valence-electron chi connectivity index (χ2n) is 8.64. The fourth-order valence-electron chi connectivity index (χ4n) is 3.88. The second-order valence-corrected chi connectivity index (χ2v) is 9.04. The van der Waals surface area contributed by atoms with Crippen LogP contribution in [0.2, 0.25) is 5.02 Å². The molecule has 5 rings (SSSR count). The minimum absolute atomic E-state index is 0.205. The van der Waals surface area contributed by atoms with Gasteiger partial charge >= 0.3 is 6.03 Å². The highest BCUT2D eigenvalue weighted by Crippen LogP contribution is 2.29. The Balaban J connectivity index is 1.28. The molecule has 0 saturated heterocycles. The van der Waals surface area contributed by atoms with Gasteiger partial charge in [0.15, 0.2) is 5.58 Å². The Bertz CT molecular complexity index is 1700. The van der Waals surface area contributed by atoms with Crippen LogP contribution in [0.4, 0.5) is 16.5 Å². The van der Waals surface area contributed by atoms with E-state index in [0.29, 0.717) is 38.9 Å². The summed E-state index contributed by atoms with van der Waals surface area (Å²) in [5.74, 6) is 0.672. The van der Waals surface area contributed by atoms with E-state index in [0.717, 1.165) is 11.4 Å². The number of pyridine rings is 1. The molecule has 0 aliphatic heterocycles. The molecule has 0 radical (unpaired) electrons. The van der Waals surface area contributed by atoms with E-state index in [4.69, 9.17) is 20.8 Å². The first kappa shape index (κ1) is 25.7. The van der Waals surface area contributed by atoms with E-state index in [9.17, 15) is 9.59 Å². The second kappa shape index (κ2) is 10.8. The Kier molecular flexibility index (Phi) is 7.15. The maximum absolute atomic E-state index is 12.5. The van der Waals surface area contributed by atoms with E-state index in [2.05, 4.69) is 31.0 Å². The number of hydrogen-bond acceptors (Lipinski definition) is 8. The van der Waals surface area contributed by atoms with E-state index < -0.39 is 0 Å². The Labute approximate surface area is 228 Å². The molecular weight excluding hydrogens is 522 g/mol. The SMILES string of the molecule is CNC(=O)c1cc(Oc2ccc3oc(Nc4ccc(Cl)c(CNC(=O)n5nc(C)cc5C)c4)nc3c2)ccn1. The van der Waals surface area contributed by atoms with Crippen LogP contribution in [-0.4, -0.2) is 38.7 Å². The molecule has 12 heteroatoms. The number of fused-ring (bicyclic) bond motifs is 1. The molecule has 2 amide bonds. The largest absolute Gasteiger partial charge is 0.457 e. The average Bonchev–Trinajstić information content (AvgIpc) is 3.49. The minimum atomic E-state index is -0.344. The summed E-state index contributed by atoms with van der Waals surface area (Å²) in [4.78, 5) is 32.9. The zero-order valence-corrected chi connectivity index (χ0v) is 22.0. The highest BCUT2D eigenvalue weighted by Gasteiger charge is 2.13. The first-order valence-corrected chi connectivity index (χ1v) is 12.3. The number of carbonyl (C=O) groups is 2. The van der Waals surface area contributed by atoms with Crippen molar-refractivity contribution in [2.45, 2.75) is 20.4 Å². The molecule has 198 valence electrons. The van der Waals surface area contributed by atoms with Crippen LogP contribution < -0.4 is 20.7 Å². The van der Waals surface area contributed by atoms with Gasteiger partial charge in [0.25, 0.3) is 11.9 Å². The van der Waals surface area contributed by atoms with Crippen molar-refractivity contribution in [3.63, 3.8) is 0 Å². The average molecular weight is 546 g/mol. The van der Waals surface area contributed by atoms with Crippen molar-refractivity contribution >= 4 is 46.3 Å². The molecule has 0 fully saturated rings. The molecule has 0 atom stereocenters. The van der Waals surface area contributed by atoms with Crippen molar-refractivity contribution < 1.29 is 18.7 Å². The van der Waals surface area contributed by atoms with Crippen molar-refractivity contribution in [2.75, 3.05) is 12.4 Å². The number of halogens is 1. The predicted octanol–water partition coefficient (Wildman–Crippen LogP) is 5.34. The monoisotopic (exact) mass is 545 g/mol. The molecule has 0 aliphatic rings.